The van der Waals surface area contributed by atoms with Crippen molar-refractivity contribution in [3.8, 4) is 11.5 Å². The van der Waals surface area contributed by atoms with Crippen molar-refractivity contribution in [2.45, 2.75) is 13.0 Å². The first-order valence-corrected chi connectivity index (χ1v) is 5.77. The SMILES string of the molecule is COc1cc(C)ccc1OCC(N)c1ccco1. The molecule has 0 radical (unpaired) electrons. The van der Waals surface area contributed by atoms with Gasteiger partial charge in [0.15, 0.2) is 11.5 Å². The highest BCUT2D eigenvalue weighted by molar-refractivity contribution is 5.42. The Balaban J connectivity index is 2.02. The number of furan rings is 1. The Morgan fingerprint density at radius 2 is 2.11 bits per heavy atom. The molecule has 0 aliphatic heterocycles. The molecule has 2 N–H and O–H groups in total. The number of methoxy groups -OCH3 is 1. The summed E-state index contributed by atoms with van der Waals surface area (Å²) in [6.07, 6.45) is 1.60. The Labute approximate surface area is 106 Å². The van der Waals surface area contributed by atoms with Gasteiger partial charge in [0.2, 0.25) is 0 Å². The minimum Gasteiger partial charge on any atom is -0.493 e. The van der Waals surface area contributed by atoms with Crippen LogP contribution >= 0.6 is 0 Å². The predicted molar refractivity (Wildman–Crippen MR) is 68.9 cm³/mol. The van der Waals surface area contributed by atoms with E-state index in [2.05, 4.69) is 0 Å². The highest BCUT2D eigenvalue weighted by atomic mass is 16.5. The summed E-state index contributed by atoms with van der Waals surface area (Å²) in [6.45, 7) is 2.34. The van der Waals surface area contributed by atoms with E-state index < -0.39 is 0 Å². The van der Waals surface area contributed by atoms with Crippen molar-refractivity contribution < 1.29 is 13.9 Å². The number of hydrogen-bond acceptors (Lipinski definition) is 4. The van der Waals surface area contributed by atoms with E-state index in [1.807, 2.05) is 37.3 Å². The van der Waals surface area contributed by atoms with Crippen LogP contribution in [-0.2, 0) is 0 Å². The molecular weight excluding hydrogens is 230 g/mol. The predicted octanol–water partition coefficient (Wildman–Crippen LogP) is 2.68. The lowest BCUT2D eigenvalue weighted by Gasteiger charge is -2.14. The second-order valence-electron chi connectivity index (χ2n) is 4.09. The summed E-state index contributed by atoms with van der Waals surface area (Å²) >= 11 is 0. The van der Waals surface area contributed by atoms with E-state index >= 15 is 0 Å². The third-order valence-corrected chi connectivity index (χ3v) is 2.65. The minimum absolute atomic E-state index is 0.286. The Morgan fingerprint density at radius 3 is 2.78 bits per heavy atom. The Morgan fingerprint density at radius 1 is 1.28 bits per heavy atom. The first-order valence-electron chi connectivity index (χ1n) is 5.77. The lowest BCUT2D eigenvalue weighted by Crippen LogP contribution is -2.18. The fourth-order valence-corrected chi connectivity index (χ4v) is 1.66. The summed E-state index contributed by atoms with van der Waals surface area (Å²) in [6, 6.07) is 9.13. The molecule has 96 valence electrons. The molecule has 4 heteroatoms. The van der Waals surface area contributed by atoms with Crippen molar-refractivity contribution in [1.82, 2.24) is 0 Å². The molecule has 0 fully saturated rings. The first-order chi connectivity index (χ1) is 8.70. The molecule has 0 aliphatic carbocycles. The Kier molecular flexibility index (Phi) is 3.89. The van der Waals surface area contributed by atoms with Gasteiger partial charge in [-0.3, -0.25) is 0 Å². The summed E-state index contributed by atoms with van der Waals surface area (Å²) < 4.78 is 16.1. The van der Waals surface area contributed by atoms with Gasteiger partial charge < -0.3 is 19.6 Å². The molecular formula is C14H17NO3. The quantitative estimate of drug-likeness (QED) is 0.882. The normalized spacial score (nSPS) is 12.2. The van der Waals surface area contributed by atoms with Gasteiger partial charge in [-0.1, -0.05) is 6.07 Å². The Bertz CT molecular complexity index is 494. The average Bonchev–Trinajstić information content (AvgIpc) is 2.90. The third kappa shape index (κ3) is 2.84. The maximum Gasteiger partial charge on any atom is 0.161 e. The number of hydrogen-bond donors (Lipinski definition) is 1. The summed E-state index contributed by atoms with van der Waals surface area (Å²) in [4.78, 5) is 0. The third-order valence-electron chi connectivity index (χ3n) is 2.65. The van der Waals surface area contributed by atoms with Crippen molar-refractivity contribution in [2.75, 3.05) is 13.7 Å². The van der Waals surface area contributed by atoms with E-state index in [9.17, 15) is 0 Å². The number of rotatable bonds is 5. The molecule has 4 nitrogen and oxygen atoms in total. The van der Waals surface area contributed by atoms with E-state index in [1.165, 1.54) is 0 Å². The van der Waals surface area contributed by atoms with Crippen molar-refractivity contribution in [1.29, 1.82) is 0 Å². The van der Waals surface area contributed by atoms with Gasteiger partial charge in [-0.05, 0) is 36.8 Å². The summed E-state index contributed by atoms with van der Waals surface area (Å²) in [5, 5.41) is 0. The van der Waals surface area contributed by atoms with Crippen LogP contribution in [0.4, 0.5) is 0 Å². The van der Waals surface area contributed by atoms with Crippen LogP contribution in [0.2, 0.25) is 0 Å². The van der Waals surface area contributed by atoms with Crippen LogP contribution in [0.1, 0.15) is 17.4 Å². The molecule has 0 saturated heterocycles. The zero-order chi connectivity index (χ0) is 13.0. The van der Waals surface area contributed by atoms with Crippen molar-refractivity contribution >= 4 is 0 Å². The smallest absolute Gasteiger partial charge is 0.161 e. The van der Waals surface area contributed by atoms with E-state index in [1.54, 1.807) is 13.4 Å². The molecule has 0 spiro atoms. The number of benzene rings is 1. The Hall–Kier alpha value is -1.94. The van der Waals surface area contributed by atoms with Gasteiger partial charge in [0, 0.05) is 0 Å². The van der Waals surface area contributed by atoms with Crippen molar-refractivity contribution in [3.63, 3.8) is 0 Å². The average molecular weight is 247 g/mol. The van der Waals surface area contributed by atoms with Crippen LogP contribution < -0.4 is 15.2 Å². The van der Waals surface area contributed by atoms with E-state index in [0.29, 0.717) is 23.9 Å². The van der Waals surface area contributed by atoms with Gasteiger partial charge in [0.1, 0.15) is 12.4 Å². The molecule has 18 heavy (non-hydrogen) atoms. The van der Waals surface area contributed by atoms with Gasteiger partial charge in [0.05, 0.1) is 19.4 Å². The summed E-state index contributed by atoms with van der Waals surface area (Å²) in [7, 11) is 1.62. The van der Waals surface area contributed by atoms with E-state index in [0.717, 1.165) is 5.56 Å². The lowest BCUT2D eigenvalue weighted by molar-refractivity contribution is 0.259. The fourth-order valence-electron chi connectivity index (χ4n) is 1.66. The standard InChI is InChI=1S/C14H17NO3/c1-10-5-6-13(14(8-10)16-2)18-9-11(15)12-4-3-7-17-12/h3-8,11H,9,15H2,1-2H3. The highest BCUT2D eigenvalue weighted by Crippen LogP contribution is 2.28. The molecule has 1 heterocycles. The van der Waals surface area contributed by atoms with Gasteiger partial charge in [0.25, 0.3) is 0 Å². The topological polar surface area (TPSA) is 57.6 Å². The van der Waals surface area contributed by atoms with Crippen LogP contribution in [0.15, 0.2) is 41.0 Å². The largest absolute Gasteiger partial charge is 0.493 e. The molecule has 1 atom stereocenters. The highest BCUT2D eigenvalue weighted by Gasteiger charge is 2.11. The fraction of sp³-hybridized carbons (Fsp3) is 0.286. The van der Waals surface area contributed by atoms with Gasteiger partial charge >= 0.3 is 0 Å². The molecule has 1 aromatic carbocycles. The molecule has 0 aliphatic rings. The summed E-state index contributed by atoms with van der Waals surface area (Å²) in [5.41, 5.74) is 7.07. The zero-order valence-corrected chi connectivity index (χ0v) is 10.6. The van der Waals surface area contributed by atoms with Gasteiger partial charge in [-0.15, -0.1) is 0 Å². The number of ether oxygens (including phenoxy) is 2. The lowest BCUT2D eigenvalue weighted by atomic mass is 10.2. The zero-order valence-electron chi connectivity index (χ0n) is 10.6. The monoisotopic (exact) mass is 247 g/mol. The van der Waals surface area contributed by atoms with Crippen LogP contribution in [0.25, 0.3) is 0 Å². The maximum atomic E-state index is 5.95. The molecule has 1 unspecified atom stereocenters. The molecule has 1 aromatic heterocycles. The minimum atomic E-state index is -0.286. The van der Waals surface area contributed by atoms with Crippen LogP contribution in [0.3, 0.4) is 0 Å². The van der Waals surface area contributed by atoms with Crippen molar-refractivity contribution in [3.05, 3.63) is 47.9 Å². The molecule has 0 bridgehead atoms. The number of nitrogens with two attached hydrogens (primary N) is 1. The van der Waals surface area contributed by atoms with Crippen molar-refractivity contribution in [2.24, 2.45) is 5.73 Å². The number of aryl methyl sites for hydroxylation is 1. The molecule has 2 rings (SSSR count). The second-order valence-corrected chi connectivity index (χ2v) is 4.09. The summed E-state index contributed by atoms with van der Waals surface area (Å²) in [5.74, 6) is 2.10. The van der Waals surface area contributed by atoms with E-state index in [-0.39, 0.29) is 6.04 Å². The van der Waals surface area contributed by atoms with Gasteiger partial charge in [-0.2, -0.15) is 0 Å². The molecule has 2 aromatic rings. The van der Waals surface area contributed by atoms with Gasteiger partial charge in [-0.25, -0.2) is 0 Å². The first kappa shape index (κ1) is 12.5. The van der Waals surface area contributed by atoms with Crippen LogP contribution in [-0.4, -0.2) is 13.7 Å². The van der Waals surface area contributed by atoms with Crippen LogP contribution in [0, 0.1) is 6.92 Å². The maximum absolute atomic E-state index is 5.95. The molecule has 0 saturated carbocycles. The van der Waals surface area contributed by atoms with E-state index in [4.69, 9.17) is 19.6 Å². The molecule has 0 amide bonds. The van der Waals surface area contributed by atoms with Crippen LogP contribution in [0.5, 0.6) is 11.5 Å². The second kappa shape index (κ2) is 5.60.